The molecule has 1 saturated heterocycles. The highest BCUT2D eigenvalue weighted by atomic mass is 32.2. The Morgan fingerprint density at radius 3 is 1.93 bits per heavy atom. The number of benzene rings is 2. The van der Waals surface area contributed by atoms with Gasteiger partial charge in [0.05, 0.1) is 19.8 Å². The van der Waals surface area contributed by atoms with Crippen LogP contribution in [0.25, 0.3) is 0 Å². The Balaban J connectivity index is 1.75. The summed E-state index contributed by atoms with van der Waals surface area (Å²) in [5.41, 5.74) is 1.74. The van der Waals surface area contributed by atoms with E-state index < -0.39 is 24.4 Å². The predicted octanol–water partition coefficient (Wildman–Crippen LogP) is 2.99. The molecule has 2 aromatic carbocycles. The fourth-order valence-corrected chi connectivity index (χ4v) is 4.21. The van der Waals surface area contributed by atoms with Crippen molar-refractivity contribution in [2.75, 3.05) is 12.4 Å². The van der Waals surface area contributed by atoms with E-state index in [9.17, 15) is 10.2 Å². The van der Waals surface area contributed by atoms with E-state index in [0.29, 0.717) is 13.2 Å². The van der Waals surface area contributed by atoms with Crippen molar-refractivity contribution in [1.29, 1.82) is 0 Å². The molecule has 152 valence electrons. The van der Waals surface area contributed by atoms with Crippen molar-refractivity contribution >= 4 is 11.8 Å². The molecular weight excluding hydrogens is 376 g/mol. The summed E-state index contributed by atoms with van der Waals surface area (Å²) in [4.78, 5) is 0. The molecule has 2 aromatic rings. The number of rotatable bonds is 9. The van der Waals surface area contributed by atoms with E-state index in [1.165, 1.54) is 0 Å². The monoisotopic (exact) mass is 404 g/mol. The second-order valence-corrected chi connectivity index (χ2v) is 8.07. The maximum absolute atomic E-state index is 10.8. The van der Waals surface area contributed by atoms with Gasteiger partial charge in [0.1, 0.15) is 29.9 Å². The van der Waals surface area contributed by atoms with Crippen LogP contribution in [0.15, 0.2) is 60.7 Å². The minimum Gasteiger partial charge on any atom is -0.394 e. The van der Waals surface area contributed by atoms with E-state index in [0.717, 1.165) is 16.9 Å². The highest BCUT2D eigenvalue weighted by molar-refractivity contribution is 7.99. The molecule has 0 bridgehead atoms. The zero-order valence-electron chi connectivity index (χ0n) is 16.0. The Bertz CT molecular complexity index is 640. The molecule has 1 heterocycles. The van der Waals surface area contributed by atoms with Gasteiger partial charge >= 0.3 is 0 Å². The van der Waals surface area contributed by atoms with E-state index >= 15 is 0 Å². The van der Waals surface area contributed by atoms with Crippen LogP contribution in [-0.4, -0.2) is 52.4 Å². The van der Waals surface area contributed by atoms with Crippen LogP contribution in [0.3, 0.4) is 0 Å². The second-order valence-electron chi connectivity index (χ2n) is 6.69. The van der Waals surface area contributed by atoms with E-state index in [-0.39, 0.29) is 12.0 Å². The van der Waals surface area contributed by atoms with Crippen LogP contribution >= 0.6 is 11.8 Å². The molecule has 2 N–H and O–H groups in total. The zero-order valence-corrected chi connectivity index (χ0v) is 16.8. The lowest BCUT2D eigenvalue weighted by atomic mass is 9.99. The molecule has 0 unspecified atom stereocenters. The van der Waals surface area contributed by atoms with Crippen LogP contribution in [-0.2, 0) is 27.4 Å². The molecule has 5 atom stereocenters. The third kappa shape index (κ3) is 5.56. The Morgan fingerprint density at radius 2 is 1.43 bits per heavy atom. The number of thioether (sulfide) groups is 1. The first-order valence-electron chi connectivity index (χ1n) is 9.60. The van der Waals surface area contributed by atoms with Gasteiger partial charge in [0.2, 0.25) is 0 Å². The van der Waals surface area contributed by atoms with E-state index in [2.05, 4.69) is 0 Å². The molecule has 5 nitrogen and oxygen atoms in total. The minimum absolute atomic E-state index is 0.265. The largest absolute Gasteiger partial charge is 0.394 e. The molecule has 0 spiro atoms. The molecule has 0 radical (unpaired) electrons. The summed E-state index contributed by atoms with van der Waals surface area (Å²) in [5.74, 6) is 0.829. The van der Waals surface area contributed by atoms with E-state index in [1.54, 1.807) is 11.8 Å². The van der Waals surface area contributed by atoms with Crippen LogP contribution in [0.4, 0.5) is 0 Å². The molecule has 3 rings (SSSR count). The maximum atomic E-state index is 10.8. The predicted molar refractivity (Wildman–Crippen MR) is 110 cm³/mol. The van der Waals surface area contributed by atoms with Gasteiger partial charge in [0.15, 0.2) is 0 Å². The van der Waals surface area contributed by atoms with Gasteiger partial charge in [-0.2, -0.15) is 0 Å². The average Bonchev–Trinajstić information content (AvgIpc) is 2.74. The van der Waals surface area contributed by atoms with Crippen molar-refractivity contribution in [3.63, 3.8) is 0 Å². The zero-order chi connectivity index (χ0) is 19.8. The number of aliphatic hydroxyl groups excluding tert-OH is 2. The van der Waals surface area contributed by atoms with Crippen LogP contribution in [0.5, 0.6) is 0 Å². The van der Waals surface area contributed by atoms with Crippen LogP contribution in [0.2, 0.25) is 0 Å². The lowest BCUT2D eigenvalue weighted by Gasteiger charge is -2.43. The summed E-state index contributed by atoms with van der Waals surface area (Å²) >= 11 is 1.59. The summed E-state index contributed by atoms with van der Waals surface area (Å²) in [6.45, 7) is 2.53. The standard InChI is InChI=1S/C22H28O5S/c1-2-28-22-21(26-15-17-11-7-4-8-12-17)20(19(24)18(13-23)27-22)25-14-16-9-5-3-6-10-16/h3-12,18-24H,2,13-15H2,1H3/t18-,19-,20+,21-,22+/m1/s1. The molecule has 0 saturated carbocycles. The molecule has 0 aliphatic carbocycles. The number of hydrogen-bond donors (Lipinski definition) is 2. The van der Waals surface area contributed by atoms with Gasteiger partial charge in [-0.05, 0) is 16.9 Å². The molecular formula is C22H28O5S. The first kappa shape index (κ1) is 21.3. The van der Waals surface area contributed by atoms with Gasteiger partial charge in [-0.3, -0.25) is 0 Å². The third-order valence-electron chi connectivity index (χ3n) is 4.70. The number of ether oxygens (including phenoxy) is 3. The van der Waals surface area contributed by atoms with Crippen molar-refractivity contribution in [2.45, 2.75) is 50.0 Å². The first-order chi connectivity index (χ1) is 13.7. The van der Waals surface area contributed by atoms with Gasteiger partial charge in [-0.25, -0.2) is 0 Å². The summed E-state index contributed by atoms with van der Waals surface area (Å²) in [6.07, 6.45) is -2.71. The Hall–Kier alpha value is -1.41. The van der Waals surface area contributed by atoms with Gasteiger partial charge in [-0.15, -0.1) is 11.8 Å². The number of hydrogen-bond acceptors (Lipinski definition) is 6. The van der Waals surface area contributed by atoms with Crippen molar-refractivity contribution in [2.24, 2.45) is 0 Å². The van der Waals surface area contributed by atoms with Gasteiger partial charge in [-0.1, -0.05) is 67.6 Å². The third-order valence-corrected chi connectivity index (χ3v) is 5.74. The fraction of sp³-hybridized carbons (Fsp3) is 0.455. The fourth-order valence-electron chi connectivity index (χ4n) is 3.24. The quantitative estimate of drug-likeness (QED) is 0.670. The summed E-state index contributed by atoms with van der Waals surface area (Å²) in [6, 6.07) is 19.7. The van der Waals surface area contributed by atoms with Gasteiger partial charge in [0.25, 0.3) is 0 Å². The van der Waals surface area contributed by atoms with Crippen LogP contribution < -0.4 is 0 Å². The van der Waals surface area contributed by atoms with Gasteiger partial charge in [0, 0.05) is 0 Å². The lowest BCUT2D eigenvalue weighted by molar-refractivity contribution is -0.237. The number of aliphatic hydroxyl groups is 2. The Morgan fingerprint density at radius 1 is 0.893 bits per heavy atom. The maximum Gasteiger partial charge on any atom is 0.132 e. The second kappa shape index (κ2) is 11.0. The summed E-state index contributed by atoms with van der Waals surface area (Å²) in [5, 5.41) is 20.4. The van der Waals surface area contributed by atoms with Crippen LogP contribution in [0.1, 0.15) is 18.1 Å². The lowest BCUT2D eigenvalue weighted by Crippen LogP contribution is -2.59. The summed E-state index contributed by atoms with van der Waals surface area (Å²) in [7, 11) is 0. The summed E-state index contributed by atoms with van der Waals surface area (Å²) < 4.78 is 18.2. The minimum atomic E-state index is -0.969. The van der Waals surface area contributed by atoms with Crippen molar-refractivity contribution in [3.05, 3.63) is 71.8 Å². The molecule has 0 aromatic heterocycles. The Kier molecular flexibility index (Phi) is 8.33. The van der Waals surface area contributed by atoms with Crippen molar-refractivity contribution in [1.82, 2.24) is 0 Å². The highest BCUT2D eigenvalue weighted by Gasteiger charge is 2.46. The van der Waals surface area contributed by atoms with Gasteiger partial charge < -0.3 is 24.4 Å². The van der Waals surface area contributed by atoms with E-state index in [4.69, 9.17) is 14.2 Å². The molecule has 1 aliphatic heterocycles. The first-order valence-corrected chi connectivity index (χ1v) is 10.6. The molecule has 28 heavy (non-hydrogen) atoms. The van der Waals surface area contributed by atoms with Crippen LogP contribution in [0, 0.1) is 0 Å². The van der Waals surface area contributed by atoms with Crippen molar-refractivity contribution < 1.29 is 24.4 Å². The molecule has 6 heteroatoms. The molecule has 1 aliphatic rings. The normalized spacial score (nSPS) is 27.6. The molecule has 0 amide bonds. The topological polar surface area (TPSA) is 68.2 Å². The average molecular weight is 405 g/mol. The Labute approximate surface area is 170 Å². The van der Waals surface area contributed by atoms with E-state index in [1.807, 2.05) is 67.6 Å². The van der Waals surface area contributed by atoms with Crippen molar-refractivity contribution in [3.8, 4) is 0 Å². The highest BCUT2D eigenvalue weighted by Crippen LogP contribution is 2.33. The smallest absolute Gasteiger partial charge is 0.132 e. The SMILES string of the molecule is CCS[C@@H]1O[C@H](CO)[C@@H](O)[C@H](OCc2ccccc2)[C@H]1OCc1ccccc1. The molecule has 1 fully saturated rings.